The molecule has 122 valence electrons. The van der Waals surface area contributed by atoms with Crippen molar-refractivity contribution >= 4 is 28.8 Å². The van der Waals surface area contributed by atoms with E-state index in [4.69, 9.17) is 11.6 Å². The van der Waals surface area contributed by atoms with Crippen LogP contribution in [0.15, 0.2) is 24.3 Å². The Morgan fingerprint density at radius 1 is 1.26 bits per heavy atom. The van der Waals surface area contributed by atoms with E-state index < -0.39 is 0 Å². The minimum Gasteiger partial charge on any atom is -0.337 e. The molecule has 1 aliphatic rings. The number of carbonyl (C=O) groups excluding carboxylic acids is 1. The highest BCUT2D eigenvalue weighted by Gasteiger charge is 2.26. The third kappa shape index (κ3) is 3.75. The highest BCUT2D eigenvalue weighted by Crippen LogP contribution is 2.29. The molecule has 23 heavy (non-hydrogen) atoms. The highest BCUT2D eigenvalue weighted by molar-refractivity contribution is 7.13. The van der Waals surface area contributed by atoms with Crippen molar-refractivity contribution in [1.82, 2.24) is 9.88 Å². The molecule has 1 atom stereocenters. The Morgan fingerprint density at radius 2 is 2.00 bits per heavy atom. The molecule has 1 amide bonds. The Bertz CT molecular complexity index is 696. The van der Waals surface area contributed by atoms with Gasteiger partial charge in [0, 0.05) is 24.0 Å². The van der Waals surface area contributed by atoms with Gasteiger partial charge in [-0.2, -0.15) is 0 Å². The van der Waals surface area contributed by atoms with E-state index in [-0.39, 0.29) is 5.91 Å². The summed E-state index contributed by atoms with van der Waals surface area (Å²) in [5.74, 6) is 0.516. The molecule has 0 spiro atoms. The summed E-state index contributed by atoms with van der Waals surface area (Å²) in [6.07, 6.45) is 3.33. The normalized spacial score (nSPS) is 18.7. The maximum Gasteiger partial charge on any atom is 0.265 e. The van der Waals surface area contributed by atoms with Gasteiger partial charge in [0.25, 0.3) is 5.91 Å². The number of aromatic nitrogens is 1. The Balaban J connectivity index is 1.80. The van der Waals surface area contributed by atoms with Gasteiger partial charge in [-0.05, 0) is 44.4 Å². The number of nitrogens with zero attached hydrogens (tertiary/aromatic N) is 2. The molecule has 2 aromatic rings. The molecule has 1 saturated heterocycles. The summed E-state index contributed by atoms with van der Waals surface area (Å²) in [6, 6.07) is 8.04. The molecular formula is C18H21ClN2OS. The Kier molecular flexibility index (Phi) is 5.02. The van der Waals surface area contributed by atoms with Crippen molar-refractivity contribution in [3.63, 3.8) is 0 Å². The Morgan fingerprint density at radius 3 is 2.65 bits per heavy atom. The van der Waals surface area contributed by atoms with Crippen LogP contribution in [0.3, 0.4) is 0 Å². The van der Waals surface area contributed by atoms with Crippen LogP contribution in [-0.4, -0.2) is 28.9 Å². The van der Waals surface area contributed by atoms with Crippen LogP contribution in [0.25, 0.3) is 0 Å². The minimum absolute atomic E-state index is 0.133. The number of rotatable bonds is 2. The number of halogens is 1. The molecule has 0 radical (unpaired) electrons. The fraction of sp³-hybridized carbons (Fsp3) is 0.444. The zero-order chi connectivity index (χ0) is 16.4. The molecule has 1 aromatic heterocycles. The fourth-order valence-corrected chi connectivity index (χ4v) is 4.22. The topological polar surface area (TPSA) is 33.2 Å². The van der Waals surface area contributed by atoms with Crippen LogP contribution < -0.4 is 0 Å². The zero-order valence-electron chi connectivity index (χ0n) is 13.5. The molecule has 1 aliphatic heterocycles. The number of hydrogen-bond donors (Lipinski definition) is 0. The largest absolute Gasteiger partial charge is 0.337 e. The lowest BCUT2D eigenvalue weighted by Crippen LogP contribution is -2.34. The van der Waals surface area contributed by atoms with Crippen LogP contribution in [0.5, 0.6) is 0 Å². The average Bonchev–Trinajstić information content (AvgIpc) is 2.74. The number of likely N-dealkylation sites (tertiary alicyclic amines) is 1. The summed E-state index contributed by atoms with van der Waals surface area (Å²) in [6.45, 7) is 5.48. The monoisotopic (exact) mass is 348 g/mol. The highest BCUT2D eigenvalue weighted by atomic mass is 35.5. The first kappa shape index (κ1) is 16.5. The molecule has 1 fully saturated rings. The number of hydrogen-bond acceptors (Lipinski definition) is 3. The van der Waals surface area contributed by atoms with E-state index in [2.05, 4.69) is 17.1 Å². The van der Waals surface area contributed by atoms with Crippen LogP contribution in [-0.2, 0) is 0 Å². The summed E-state index contributed by atoms with van der Waals surface area (Å²) in [5, 5.41) is 1.71. The standard InChI is InChI=1S/C18H21ClN2OS/c1-12-17(23-13(2)20-12)18(22)21-10-4-3-5-15(11-21)14-6-8-16(19)9-7-14/h6-9,15H,3-5,10-11H2,1-2H3/t15-/m1/s1. The molecule has 0 N–H and O–H groups in total. The summed E-state index contributed by atoms with van der Waals surface area (Å²) < 4.78 is 0. The minimum atomic E-state index is 0.133. The summed E-state index contributed by atoms with van der Waals surface area (Å²) in [4.78, 5) is 20.1. The lowest BCUT2D eigenvalue weighted by atomic mass is 9.94. The zero-order valence-corrected chi connectivity index (χ0v) is 15.1. The SMILES string of the molecule is Cc1nc(C)c(C(=O)N2CCCC[C@@H](c3ccc(Cl)cc3)C2)s1. The first-order valence-electron chi connectivity index (χ1n) is 8.03. The molecule has 0 bridgehead atoms. The third-order valence-corrected chi connectivity index (χ3v) is 5.71. The van der Waals surface area contributed by atoms with Crippen molar-refractivity contribution < 1.29 is 4.79 Å². The molecule has 5 heteroatoms. The van der Waals surface area contributed by atoms with E-state index >= 15 is 0 Å². The fourth-order valence-electron chi connectivity index (χ4n) is 3.21. The van der Waals surface area contributed by atoms with Crippen molar-refractivity contribution in [3.05, 3.63) is 50.4 Å². The second-order valence-electron chi connectivity index (χ2n) is 6.14. The number of thiazole rings is 1. The number of aryl methyl sites for hydroxylation is 2. The van der Waals surface area contributed by atoms with Crippen LogP contribution in [0.1, 0.15) is 51.1 Å². The molecule has 0 saturated carbocycles. The van der Waals surface area contributed by atoms with Crippen LogP contribution in [0.2, 0.25) is 5.02 Å². The third-order valence-electron chi connectivity index (χ3n) is 4.40. The van der Waals surface area contributed by atoms with E-state index in [0.717, 1.165) is 53.0 Å². The number of amides is 1. The second kappa shape index (κ2) is 7.02. The summed E-state index contributed by atoms with van der Waals surface area (Å²) in [7, 11) is 0. The van der Waals surface area contributed by atoms with E-state index in [1.165, 1.54) is 16.9 Å². The Hall–Kier alpha value is -1.39. The van der Waals surface area contributed by atoms with Gasteiger partial charge in [-0.3, -0.25) is 4.79 Å². The smallest absolute Gasteiger partial charge is 0.265 e. The van der Waals surface area contributed by atoms with Crippen LogP contribution in [0.4, 0.5) is 0 Å². The molecule has 2 heterocycles. The van der Waals surface area contributed by atoms with Gasteiger partial charge in [-0.15, -0.1) is 11.3 Å². The van der Waals surface area contributed by atoms with Gasteiger partial charge in [-0.25, -0.2) is 4.98 Å². The maximum atomic E-state index is 12.9. The summed E-state index contributed by atoms with van der Waals surface area (Å²) >= 11 is 7.49. The van der Waals surface area contributed by atoms with Crippen molar-refractivity contribution in [2.24, 2.45) is 0 Å². The van der Waals surface area contributed by atoms with E-state index in [1.807, 2.05) is 30.9 Å². The predicted molar refractivity (Wildman–Crippen MR) is 95.5 cm³/mol. The van der Waals surface area contributed by atoms with Gasteiger partial charge >= 0.3 is 0 Å². The molecule has 0 unspecified atom stereocenters. The van der Waals surface area contributed by atoms with Gasteiger partial charge in [0.15, 0.2) is 0 Å². The number of benzene rings is 1. The number of carbonyl (C=O) groups is 1. The van der Waals surface area contributed by atoms with E-state index in [0.29, 0.717) is 5.92 Å². The second-order valence-corrected chi connectivity index (χ2v) is 7.78. The van der Waals surface area contributed by atoms with E-state index in [1.54, 1.807) is 0 Å². The molecule has 3 rings (SSSR count). The summed E-state index contributed by atoms with van der Waals surface area (Å²) in [5.41, 5.74) is 2.12. The Labute approximate surface area is 146 Å². The first-order chi connectivity index (χ1) is 11.0. The van der Waals surface area contributed by atoms with Gasteiger partial charge in [0.05, 0.1) is 10.7 Å². The maximum absolute atomic E-state index is 12.9. The quantitative estimate of drug-likeness (QED) is 0.779. The van der Waals surface area contributed by atoms with Crippen molar-refractivity contribution in [1.29, 1.82) is 0 Å². The lowest BCUT2D eigenvalue weighted by Gasteiger charge is -2.24. The van der Waals surface area contributed by atoms with Crippen molar-refractivity contribution in [2.75, 3.05) is 13.1 Å². The molecular weight excluding hydrogens is 328 g/mol. The van der Waals surface area contributed by atoms with Crippen LogP contribution in [0, 0.1) is 13.8 Å². The van der Waals surface area contributed by atoms with Crippen molar-refractivity contribution in [2.45, 2.75) is 39.0 Å². The molecule has 3 nitrogen and oxygen atoms in total. The van der Waals surface area contributed by atoms with Gasteiger partial charge in [0.2, 0.25) is 0 Å². The average molecular weight is 349 g/mol. The molecule has 0 aliphatic carbocycles. The van der Waals surface area contributed by atoms with Crippen molar-refractivity contribution in [3.8, 4) is 0 Å². The van der Waals surface area contributed by atoms with E-state index in [9.17, 15) is 4.79 Å². The lowest BCUT2D eigenvalue weighted by molar-refractivity contribution is 0.0758. The van der Waals surface area contributed by atoms with Gasteiger partial charge < -0.3 is 4.90 Å². The first-order valence-corrected chi connectivity index (χ1v) is 9.23. The van der Waals surface area contributed by atoms with Crippen LogP contribution >= 0.6 is 22.9 Å². The van der Waals surface area contributed by atoms with Gasteiger partial charge in [0.1, 0.15) is 4.88 Å². The van der Waals surface area contributed by atoms with Gasteiger partial charge in [-0.1, -0.05) is 30.2 Å². The predicted octanol–water partition coefficient (Wildman–Crippen LogP) is 4.82. The molecule has 1 aromatic carbocycles.